The summed E-state index contributed by atoms with van der Waals surface area (Å²) >= 11 is 3.34. The lowest BCUT2D eigenvalue weighted by molar-refractivity contribution is 0.403. The van der Waals surface area contributed by atoms with Crippen molar-refractivity contribution < 1.29 is 4.74 Å². The van der Waals surface area contributed by atoms with Crippen molar-refractivity contribution in [3.8, 4) is 5.75 Å². The van der Waals surface area contributed by atoms with Gasteiger partial charge in [0.15, 0.2) is 0 Å². The van der Waals surface area contributed by atoms with Crippen LogP contribution >= 0.6 is 15.9 Å². The van der Waals surface area contributed by atoms with Gasteiger partial charge in [-0.1, -0.05) is 40.2 Å². The van der Waals surface area contributed by atoms with Gasteiger partial charge in [-0.25, -0.2) is 0 Å². The SMILES string of the molecule is C=C(Br)CNC(C)c1cc(C)ccc1OC. The molecule has 0 saturated carbocycles. The zero-order valence-electron chi connectivity index (χ0n) is 10.0. The molecule has 3 heteroatoms. The van der Waals surface area contributed by atoms with E-state index >= 15 is 0 Å². The van der Waals surface area contributed by atoms with Gasteiger partial charge in [0.2, 0.25) is 0 Å². The van der Waals surface area contributed by atoms with Crippen LogP contribution in [0.3, 0.4) is 0 Å². The summed E-state index contributed by atoms with van der Waals surface area (Å²) in [5.41, 5.74) is 2.42. The average molecular weight is 284 g/mol. The topological polar surface area (TPSA) is 21.3 Å². The maximum Gasteiger partial charge on any atom is 0.123 e. The molecule has 0 heterocycles. The molecule has 0 fully saturated rings. The maximum atomic E-state index is 5.35. The molecule has 0 aromatic heterocycles. The van der Waals surface area contributed by atoms with Crippen LogP contribution in [0.15, 0.2) is 29.3 Å². The summed E-state index contributed by atoms with van der Waals surface area (Å²) in [5, 5.41) is 3.37. The molecule has 0 aliphatic rings. The summed E-state index contributed by atoms with van der Waals surface area (Å²) in [6.45, 7) is 8.75. The standard InChI is InChI=1S/C13H18BrNO/c1-9-5-6-13(16-4)12(7-9)11(3)15-8-10(2)14/h5-7,11,15H,2,8H2,1,3-4H3. The molecule has 1 aromatic rings. The predicted octanol–water partition coefficient (Wildman–Crippen LogP) is 3.56. The molecule has 0 saturated heterocycles. The minimum absolute atomic E-state index is 0.240. The van der Waals surface area contributed by atoms with Crippen molar-refractivity contribution >= 4 is 15.9 Å². The van der Waals surface area contributed by atoms with Gasteiger partial charge >= 0.3 is 0 Å². The van der Waals surface area contributed by atoms with Crippen molar-refractivity contribution in [2.24, 2.45) is 0 Å². The molecule has 1 rings (SSSR count). The van der Waals surface area contributed by atoms with Gasteiger partial charge in [0.05, 0.1) is 7.11 Å². The molecule has 0 aliphatic heterocycles. The number of aryl methyl sites for hydroxylation is 1. The van der Waals surface area contributed by atoms with Crippen molar-refractivity contribution in [3.63, 3.8) is 0 Å². The minimum Gasteiger partial charge on any atom is -0.496 e. The van der Waals surface area contributed by atoms with Crippen LogP contribution in [0, 0.1) is 6.92 Å². The summed E-state index contributed by atoms with van der Waals surface area (Å²) in [6.07, 6.45) is 0. The zero-order chi connectivity index (χ0) is 12.1. The maximum absolute atomic E-state index is 5.35. The summed E-state index contributed by atoms with van der Waals surface area (Å²) in [4.78, 5) is 0. The fourth-order valence-corrected chi connectivity index (χ4v) is 1.73. The molecular formula is C13H18BrNO. The smallest absolute Gasteiger partial charge is 0.123 e. The van der Waals surface area contributed by atoms with Crippen LogP contribution in [0.4, 0.5) is 0 Å². The first kappa shape index (κ1) is 13.3. The Morgan fingerprint density at radius 3 is 2.81 bits per heavy atom. The normalized spacial score (nSPS) is 12.2. The molecule has 16 heavy (non-hydrogen) atoms. The van der Waals surface area contributed by atoms with Crippen LogP contribution in [-0.2, 0) is 0 Å². The first-order valence-electron chi connectivity index (χ1n) is 5.25. The van der Waals surface area contributed by atoms with Crippen LogP contribution in [0.5, 0.6) is 5.75 Å². The van der Waals surface area contributed by atoms with E-state index in [1.807, 2.05) is 6.07 Å². The molecule has 88 valence electrons. The second-order valence-corrected chi connectivity index (χ2v) is 4.99. The number of halogens is 1. The van der Waals surface area contributed by atoms with Gasteiger partial charge in [-0.05, 0) is 19.9 Å². The van der Waals surface area contributed by atoms with Crippen molar-refractivity contribution in [2.75, 3.05) is 13.7 Å². The molecule has 0 spiro atoms. The summed E-state index contributed by atoms with van der Waals surface area (Å²) in [7, 11) is 1.70. The van der Waals surface area contributed by atoms with Gasteiger partial charge in [-0.15, -0.1) is 0 Å². The summed E-state index contributed by atoms with van der Waals surface area (Å²) in [5.74, 6) is 0.922. The predicted molar refractivity (Wildman–Crippen MR) is 72.2 cm³/mol. The van der Waals surface area contributed by atoms with E-state index in [-0.39, 0.29) is 6.04 Å². The highest BCUT2D eigenvalue weighted by molar-refractivity contribution is 9.11. The van der Waals surface area contributed by atoms with Crippen molar-refractivity contribution in [1.82, 2.24) is 5.32 Å². The van der Waals surface area contributed by atoms with Crippen LogP contribution in [0.2, 0.25) is 0 Å². The van der Waals surface area contributed by atoms with Gasteiger partial charge in [-0.3, -0.25) is 0 Å². The molecule has 2 nitrogen and oxygen atoms in total. The molecule has 1 unspecified atom stereocenters. The van der Waals surface area contributed by atoms with Gasteiger partial charge in [0, 0.05) is 22.6 Å². The minimum atomic E-state index is 0.240. The Bertz CT molecular complexity index is 376. The third-order valence-corrected chi connectivity index (χ3v) is 2.73. The third kappa shape index (κ3) is 3.65. The lowest BCUT2D eigenvalue weighted by Gasteiger charge is -2.17. The van der Waals surface area contributed by atoms with Gasteiger partial charge in [0.25, 0.3) is 0 Å². The Kier molecular flexibility index (Phi) is 5.03. The van der Waals surface area contributed by atoms with Crippen LogP contribution in [-0.4, -0.2) is 13.7 Å². The van der Waals surface area contributed by atoms with Gasteiger partial charge in [-0.2, -0.15) is 0 Å². The molecule has 0 aliphatic carbocycles. The lowest BCUT2D eigenvalue weighted by Crippen LogP contribution is -2.20. The Hall–Kier alpha value is -0.800. The first-order chi connectivity index (χ1) is 7.54. The Morgan fingerprint density at radius 1 is 1.56 bits per heavy atom. The third-order valence-electron chi connectivity index (χ3n) is 2.45. The second-order valence-electron chi connectivity index (χ2n) is 3.87. The summed E-state index contributed by atoms with van der Waals surface area (Å²) < 4.78 is 6.30. The van der Waals surface area contributed by atoms with E-state index in [0.717, 1.165) is 16.8 Å². The molecule has 0 bridgehead atoms. The quantitative estimate of drug-likeness (QED) is 0.892. The number of methoxy groups -OCH3 is 1. The first-order valence-corrected chi connectivity index (χ1v) is 6.05. The fourth-order valence-electron chi connectivity index (χ4n) is 1.57. The van der Waals surface area contributed by atoms with Gasteiger partial charge < -0.3 is 10.1 Å². The molecule has 0 radical (unpaired) electrons. The number of nitrogens with one attached hydrogen (secondary N) is 1. The molecule has 0 amide bonds. The zero-order valence-corrected chi connectivity index (χ0v) is 11.6. The summed E-state index contributed by atoms with van der Waals surface area (Å²) in [6, 6.07) is 6.45. The van der Waals surface area contributed by atoms with Crippen molar-refractivity contribution in [2.45, 2.75) is 19.9 Å². The van der Waals surface area contributed by atoms with Crippen LogP contribution < -0.4 is 10.1 Å². The Morgan fingerprint density at radius 2 is 2.25 bits per heavy atom. The molecule has 1 aromatic carbocycles. The number of hydrogen-bond donors (Lipinski definition) is 1. The molecule has 1 atom stereocenters. The number of benzene rings is 1. The largest absolute Gasteiger partial charge is 0.496 e. The molecular weight excluding hydrogens is 266 g/mol. The van der Waals surface area contributed by atoms with Crippen LogP contribution in [0.1, 0.15) is 24.1 Å². The van der Waals surface area contributed by atoms with Gasteiger partial charge in [0.1, 0.15) is 5.75 Å². The van der Waals surface area contributed by atoms with E-state index in [4.69, 9.17) is 4.74 Å². The fraction of sp³-hybridized carbons (Fsp3) is 0.385. The average Bonchev–Trinajstić information content (AvgIpc) is 2.25. The Labute approximate surface area is 106 Å². The van der Waals surface area contributed by atoms with E-state index in [9.17, 15) is 0 Å². The van der Waals surface area contributed by atoms with E-state index in [1.165, 1.54) is 11.1 Å². The molecule has 1 N–H and O–H groups in total. The number of rotatable bonds is 5. The number of hydrogen-bond acceptors (Lipinski definition) is 2. The van der Waals surface area contributed by atoms with E-state index in [0.29, 0.717) is 0 Å². The monoisotopic (exact) mass is 283 g/mol. The van der Waals surface area contributed by atoms with E-state index in [2.05, 4.69) is 53.8 Å². The van der Waals surface area contributed by atoms with Crippen molar-refractivity contribution in [1.29, 1.82) is 0 Å². The highest BCUT2D eigenvalue weighted by Gasteiger charge is 2.10. The second kappa shape index (κ2) is 6.06. The lowest BCUT2D eigenvalue weighted by atomic mass is 10.0. The van der Waals surface area contributed by atoms with Crippen LogP contribution in [0.25, 0.3) is 0 Å². The highest BCUT2D eigenvalue weighted by Crippen LogP contribution is 2.26. The van der Waals surface area contributed by atoms with Crippen molar-refractivity contribution in [3.05, 3.63) is 40.4 Å². The highest BCUT2D eigenvalue weighted by atomic mass is 79.9. The number of ether oxygens (including phenoxy) is 1. The Balaban J connectivity index is 2.84. The van der Waals surface area contributed by atoms with E-state index in [1.54, 1.807) is 7.11 Å². The van der Waals surface area contributed by atoms with E-state index < -0.39 is 0 Å².